The van der Waals surface area contributed by atoms with Crippen LogP contribution in [0.1, 0.15) is 54.4 Å². The monoisotopic (exact) mass is 606 g/mol. The number of hydrogen-bond donors (Lipinski definition) is 1. The van der Waals surface area contributed by atoms with Crippen molar-refractivity contribution in [2.75, 3.05) is 13.7 Å². The summed E-state index contributed by atoms with van der Waals surface area (Å²) in [5.41, 5.74) is 1.75. The van der Waals surface area contributed by atoms with Crippen LogP contribution in [0.3, 0.4) is 0 Å². The van der Waals surface area contributed by atoms with Crippen molar-refractivity contribution < 1.29 is 28.6 Å². The summed E-state index contributed by atoms with van der Waals surface area (Å²) in [6.45, 7) is 3.91. The van der Waals surface area contributed by atoms with E-state index < -0.39 is 18.0 Å². The summed E-state index contributed by atoms with van der Waals surface area (Å²) in [6.07, 6.45) is 2.88. The van der Waals surface area contributed by atoms with Crippen molar-refractivity contribution in [3.05, 3.63) is 107 Å². The number of nitrogens with zero attached hydrogens (tertiary/aromatic N) is 2. The molecule has 1 aliphatic rings. The van der Waals surface area contributed by atoms with E-state index in [9.17, 15) is 19.5 Å². The van der Waals surface area contributed by atoms with Gasteiger partial charge in [-0.1, -0.05) is 60.5 Å². The van der Waals surface area contributed by atoms with Gasteiger partial charge in [-0.2, -0.15) is 0 Å². The summed E-state index contributed by atoms with van der Waals surface area (Å²) in [6, 6.07) is 14.4. The van der Waals surface area contributed by atoms with E-state index in [1.54, 1.807) is 44.4 Å². The van der Waals surface area contributed by atoms with Gasteiger partial charge < -0.3 is 19.0 Å². The second kappa shape index (κ2) is 12.2. The third-order valence-corrected chi connectivity index (χ3v) is 8.01. The first-order chi connectivity index (χ1) is 20.3. The Kier molecular flexibility index (Phi) is 8.46. The zero-order chi connectivity index (χ0) is 30.0. The number of carboxylic acid groups (broad SMARTS) is 1. The number of fused-ring (bicyclic) bond motifs is 1. The SMILES string of the molecule is CCCC1=C(C(=O)OCC)[C@H](c2ccccc2OC)n2c(s/c(=C\c3ccc(-c4ccc(C(=O)O)c(Cl)c4)o3)c2=O)=N1. The van der Waals surface area contributed by atoms with Gasteiger partial charge in [0.05, 0.1) is 40.1 Å². The van der Waals surface area contributed by atoms with Crippen molar-refractivity contribution in [3.63, 3.8) is 0 Å². The topological polar surface area (TPSA) is 120 Å². The number of benzene rings is 2. The molecule has 1 atom stereocenters. The summed E-state index contributed by atoms with van der Waals surface area (Å²) in [4.78, 5) is 43.8. The van der Waals surface area contributed by atoms with Gasteiger partial charge in [0.25, 0.3) is 5.56 Å². The molecular formula is C31H27ClN2O7S. The zero-order valence-corrected chi connectivity index (χ0v) is 24.6. The standard InChI is InChI=1S/C31H27ClN2O7S/c1-4-8-22-26(30(38)40-5-2)27(20-9-6-7-10-24(20)39-3)34-28(35)25(42-31(34)33-22)16-18-12-14-23(41-18)17-11-13-19(29(36)37)21(32)15-17/h6-7,9-16,27H,4-5,8H2,1-3H3,(H,36,37)/b25-16-/t27-/m0/s1. The number of allylic oxidation sites excluding steroid dienone is 1. The Bertz CT molecular complexity index is 1900. The van der Waals surface area contributed by atoms with Crippen LogP contribution in [-0.2, 0) is 9.53 Å². The molecule has 5 rings (SSSR count). The van der Waals surface area contributed by atoms with Gasteiger partial charge in [0.1, 0.15) is 23.3 Å². The summed E-state index contributed by atoms with van der Waals surface area (Å²) >= 11 is 7.33. The van der Waals surface area contributed by atoms with Crippen LogP contribution in [0, 0.1) is 0 Å². The van der Waals surface area contributed by atoms with Gasteiger partial charge in [-0.25, -0.2) is 14.6 Å². The number of carbonyl (C=O) groups is 2. The summed E-state index contributed by atoms with van der Waals surface area (Å²) in [5.74, 6) is -0.268. The highest BCUT2D eigenvalue weighted by Gasteiger charge is 2.35. The predicted octanol–water partition coefficient (Wildman–Crippen LogP) is 5.20. The molecule has 3 heterocycles. The predicted molar refractivity (Wildman–Crippen MR) is 159 cm³/mol. The van der Waals surface area contributed by atoms with Crippen molar-refractivity contribution in [3.8, 4) is 17.1 Å². The number of aromatic nitrogens is 1. The van der Waals surface area contributed by atoms with Crippen LogP contribution in [0.15, 0.2) is 80.1 Å². The molecule has 1 N–H and O–H groups in total. The lowest BCUT2D eigenvalue weighted by Crippen LogP contribution is -2.40. The number of hydrogen-bond acceptors (Lipinski definition) is 8. The fraction of sp³-hybridized carbons (Fsp3) is 0.226. The minimum absolute atomic E-state index is 0.0115. The van der Waals surface area contributed by atoms with Crippen molar-refractivity contribution in [2.45, 2.75) is 32.7 Å². The number of thiazole rings is 1. The van der Waals surface area contributed by atoms with Crippen LogP contribution in [0.2, 0.25) is 5.02 Å². The van der Waals surface area contributed by atoms with Crippen LogP contribution >= 0.6 is 22.9 Å². The maximum absolute atomic E-state index is 14.0. The lowest BCUT2D eigenvalue weighted by atomic mass is 9.93. The molecular weight excluding hydrogens is 580 g/mol. The van der Waals surface area contributed by atoms with Crippen molar-refractivity contribution in [2.24, 2.45) is 4.99 Å². The maximum atomic E-state index is 14.0. The first kappa shape index (κ1) is 29.1. The summed E-state index contributed by atoms with van der Waals surface area (Å²) < 4.78 is 18.9. The maximum Gasteiger partial charge on any atom is 0.338 e. The first-order valence-corrected chi connectivity index (χ1v) is 14.4. The lowest BCUT2D eigenvalue weighted by Gasteiger charge is -2.26. The molecule has 0 radical (unpaired) electrons. The highest BCUT2D eigenvalue weighted by molar-refractivity contribution is 7.07. The molecule has 2 aromatic carbocycles. The minimum Gasteiger partial charge on any atom is -0.496 e. The van der Waals surface area contributed by atoms with E-state index >= 15 is 0 Å². The minimum atomic E-state index is -1.12. The van der Waals surface area contributed by atoms with E-state index in [2.05, 4.69) is 0 Å². The van der Waals surface area contributed by atoms with Gasteiger partial charge >= 0.3 is 11.9 Å². The quantitative estimate of drug-likeness (QED) is 0.260. The Morgan fingerprint density at radius 1 is 1.17 bits per heavy atom. The van der Waals surface area contributed by atoms with Crippen LogP contribution in [-0.4, -0.2) is 35.3 Å². The van der Waals surface area contributed by atoms with E-state index in [1.807, 2.05) is 25.1 Å². The third-order valence-electron chi connectivity index (χ3n) is 6.71. The number of carbonyl (C=O) groups excluding carboxylic acids is 1. The smallest absolute Gasteiger partial charge is 0.338 e. The van der Waals surface area contributed by atoms with E-state index in [1.165, 1.54) is 28.0 Å². The van der Waals surface area contributed by atoms with Crippen molar-refractivity contribution in [1.29, 1.82) is 0 Å². The molecule has 0 fully saturated rings. The summed E-state index contributed by atoms with van der Waals surface area (Å²) in [5, 5.41) is 9.33. The average Bonchev–Trinajstić information content (AvgIpc) is 3.56. The Hall–Kier alpha value is -4.41. The highest BCUT2D eigenvalue weighted by Crippen LogP contribution is 2.37. The van der Waals surface area contributed by atoms with E-state index in [-0.39, 0.29) is 22.8 Å². The van der Waals surface area contributed by atoms with Crippen molar-refractivity contribution >= 4 is 41.0 Å². The fourth-order valence-corrected chi connectivity index (χ4v) is 6.13. The fourth-order valence-electron chi connectivity index (χ4n) is 4.86. The van der Waals surface area contributed by atoms with Crippen molar-refractivity contribution in [1.82, 2.24) is 4.57 Å². The lowest BCUT2D eigenvalue weighted by molar-refractivity contribution is -0.139. The largest absolute Gasteiger partial charge is 0.496 e. The Balaban J connectivity index is 1.66. The van der Waals surface area contributed by atoms with Gasteiger partial charge in [-0.05, 0) is 43.7 Å². The molecule has 216 valence electrons. The number of esters is 1. The van der Waals surface area contributed by atoms with Gasteiger partial charge in [-0.3, -0.25) is 9.36 Å². The molecule has 0 spiro atoms. The first-order valence-electron chi connectivity index (χ1n) is 13.2. The molecule has 0 unspecified atom stereocenters. The molecule has 9 nitrogen and oxygen atoms in total. The number of methoxy groups -OCH3 is 1. The van der Waals surface area contributed by atoms with E-state index in [0.717, 1.165) is 6.42 Å². The van der Waals surface area contributed by atoms with Crippen LogP contribution < -0.4 is 19.6 Å². The number of furan rings is 1. The number of rotatable bonds is 9. The third kappa shape index (κ3) is 5.43. The molecule has 4 aromatic rings. The summed E-state index contributed by atoms with van der Waals surface area (Å²) in [7, 11) is 1.54. The highest BCUT2D eigenvalue weighted by atomic mass is 35.5. The molecule has 0 amide bonds. The number of para-hydroxylation sites is 1. The van der Waals surface area contributed by atoms with Crippen LogP contribution in [0.4, 0.5) is 0 Å². The van der Waals surface area contributed by atoms with Gasteiger partial charge in [0, 0.05) is 17.2 Å². The number of ether oxygens (including phenoxy) is 2. The second-order valence-electron chi connectivity index (χ2n) is 9.36. The molecule has 0 aliphatic carbocycles. The molecule has 1 aliphatic heterocycles. The normalized spacial score (nSPS) is 14.9. The van der Waals surface area contributed by atoms with Gasteiger partial charge in [0.15, 0.2) is 4.80 Å². The molecule has 0 saturated carbocycles. The zero-order valence-electron chi connectivity index (χ0n) is 23.0. The molecule has 0 saturated heterocycles. The molecule has 0 bridgehead atoms. The molecule has 11 heteroatoms. The second-order valence-corrected chi connectivity index (χ2v) is 10.8. The average molecular weight is 607 g/mol. The van der Waals surface area contributed by atoms with Gasteiger partial charge in [-0.15, -0.1) is 0 Å². The number of aromatic carboxylic acids is 1. The molecule has 42 heavy (non-hydrogen) atoms. The van der Waals surface area contributed by atoms with E-state index in [0.29, 0.717) is 55.4 Å². The Morgan fingerprint density at radius 3 is 2.64 bits per heavy atom. The Labute approximate surface area is 249 Å². The van der Waals surface area contributed by atoms with Crippen LogP contribution in [0.5, 0.6) is 5.75 Å². The molecule has 2 aromatic heterocycles. The van der Waals surface area contributed by atoms with E-state index in [4.69, 9.17) is 30.5 Å². The Morgan fingerprint density at radius 2 is 1.95 bits per heavy atom. The number of halogens is 1. The van der Waals surface area contributed by atoms with Gasteiger partial charge in [0.2, 0.25) is 0 Å². The number of carboxylic acids is 1. The van der Waals surface area contributed by atoms with Crippen LogP contribution in [0.25, 0.3) is 17.4 Å².